The molecule has 0 aliphatic heterocycles. The second kappa shape index (κ2) is 13.9. The fourth-order valence-corrected chi connectivity index (χ4v) is 2.77. The molecule has 0 radical (unpaired) electrons. The lowest BCUT2D eigenvalue weighted by atomic mass is 10.1. The molecule has 2 aromatic carbocycles. The minimum Gasteiger partial charge on any atom is -0.493 e. The van der Waals surface area contributed by atoms with E-state index in [9.17, 15) is 4.79 Å². The second-order valence-corrected chi connectivity index (χ2v) is 7.85. The van der Waals surface area contributed by atoms with E-state index >= 15 is 0 Å². The van der Waals surface area contributed by atoms with E-state index in [1.54, 1.807) is 26.0 Å². The van der Waals surface area contributed by atoms with E-state index in [-0.39, 0.29) is 29.9 Å². The summed E-state index contributed by atoms with van der Waals surface area (Å²) in [5.74, 6) is 2.19. The molecule has 0 heterocycles. The molecule has 6 nitrogen and oxygen atoms in total. The number of halogens is 1. The van der Waals surface area contributed by atoms with Gasteiger partial charge in [0.05, 0.1) is 6.61 Å². The highest BCUT2D eigenvalue weighted by Crippen LogP contribution is 2.13. The first-order valence-electron chi connectivity index (χ1n) is 10.4. The number of nitrogens with zero attached hydrogens (tertiary/aromatic N) is 2. The Balaban J connectivity index is 0.00000480. The molecule has 0 fully saturated rings. The monoisotopic (exact) mass is 538 g/mol. The molecule has 0 saturated carbocycles. The molecule has 0 atom stereocenters. The van der Waals surface area contributed by atoms with Crippen LogP contribution >= 0.6 is 24.0 Å². The predicted molar refractivity (Wildman–Crippen MR) is 139 cm³/mol. The lowest BCUT2D eigenvalue weighted by Gasteiger charge is -2.13. The number of amides is 1. The van der Waals surface area contributed by atoms with Gasteiger partial charge in [-0.1, -0.05) is 38.1 Å². The Morgan fingerprint density at radius 3 is 2.16 bits per heavy atom. The first-order chi connectivity index (χ1) is 14.4. The Morgan fingerprint density at radius 1 is 1.00 bits per heavy atom. The second-order valence-electron chi connectivity index (χ2n) is 7.85. The Kier molecular flexibility index (Phi) is 12.0. The van der Waals surface area contributed by atoms with E-state index in [0.717, 1.165) is 36.8 Å². The highest BCUT2D eigenvalue weighted by Gasteiger charge is 2.07. The number of nitrogens with one attached hydrogen (secondary N) is 2. The first-order valence-corrected chi connectivity index (χ1v) is 10.4. The van der Waals surface area contributed by atoms with Crippen LogP contribution in [-0.4, -0.2) is 51.1 Å². The van der Waals surface area contributed by atoms with Gasteiger partial charge in [-0.05, 0) is 47.7 Å². The van der Waals surface area contributed by atoms with Crippen LogP contribution in [-0.2, 0) is 13.0 Å². The molecule has 170 valence electrons. The lowest BCUT2D eigenvalue weighted by molar-refractivity contribution is 0.0827. The van der Waals surface area contributed by atoms with Gasteiger partial charge in [0.2, 0.25) is 0 Å². The van der Waals surface area contributed by atoms with Gasteiger partial charge in [-0.3, -0.25) is 9.79 Å². The zero-order valence-electron chi connectivity index (χ0n) is 19.1. The van der Waals surface area contributed by atoms with Crippen LogP contribution in [0.3, 0.4) is 0 Å². The number of rotatable bonds is 9. The van der Waals surface area contributed by atoms with Crippen molar-refractivity contribution in [1.29, 1.82) is 0 Å². The maximum absolute atomic E-state index is 12.0. The van der Waals surface area contributed by atoms with Gasteiger partial charge in [-0.2, -0.15) is 0 Å². The Labute approximate surface area is 203 Å². The Bertz CT molecular complexity index is 818. The van der Waals surface area contributed by atoms with Gasteiger partial charge in [0.1, 0.15) is 5.75 Å². The third kappa shape index (κ3) is 9.59. The third-order valence-electron chi connectivity index (χ3n) is 4.50. The molecule has 0 aromatic heterocycles. The highest BCUT2D eigenvalue weighted by molar-refractivity contribution is 14.0. The van der Waals surface area contributed by atoms with Crippen LogP contribution < -0.4 is 15.4 Å². The molecular formula is C24H35IN4O2. The maximum Gasteiger partial charge on any atom is 0.253 e. The molecule has 0 unspecified atom stereocenters. The van der Waals surface area contributed by atoms with Crippen molar-refractivity contribution in [2.45, 2.75) is 26.8 Å². The van der Waals surface area contributed by atoms with Crippen LogP contribution in [0.1, 0.15) is 35.3 Å². The molecule has 0 aliphatic rings. The normalized spacial score (nSPS) is 11.0. The lowest BCUT2D eigenvalue weighted by Crippen LogP contribution is -2.37. The summed E-state index contributed by atoms with van der Waals surface area (Å²) in [6, 6.07) is 15.9. The third-order valence-corrected chi connectivity index (χ3v) is 4.50. The van der Waals surface area contributed by atoms with E-state index in [1.807, 2.05) is 36.4 Å². The molecule has 31 heavy (non-hydrogen) atoms. The van der Waals surface area contributed by atoms with Crippen molar-refractivity contribution >= 4 is 35.8 Å². The van der Waals surface area contributed by atoms with Crippen LogP contribution in [0.25, 0.3) is 0 Å². The molecule has 0 aliphatic carbocycles. The van der Waals surface area contributed by atoms with Crippen molar-refractivity contribution in [3.8, 4) is 5.75 Å². The minimum absolute atomic E-state index is 0. The van der Waals surface area contributed by atoms with Crippen LogP contribution in [0.5, 0.6) is 5.75 Å². The standard InChI is InChI=1S/C24H34N4O2.HI/c1-18(2)17-30-22-12-8-19(9-13-22)14-15-26-24(25-3)27-16-20-6-10-21(11-7-20)23(29)28(4)5;/h6-13,18H,14-17H2,1-5H3,(H2,25,26,27);1H. The summed E-state index contributed by atoms with van der Waals surface area (Å²) in [4.78, 5) is 17.8. The van der Waals surface area contributed by atoms with Gasteiger partial charge < -0.3 is 20.3 Å². The van der Waals surface area contributed by atoms with Gasteiger partial charge in [0.25, 0.3) is 5.91 Å². The van der Waals surface area contributed by atoms with Crippen molar-refractivity contribution in [2.24, 2.45) is 10.9 Å². The number of benzene rings is 2. The van der Waals surface area contributed by atoms with Crippen molar-refractivity contribution in [1.82, 2.24) is 15.5 Å². The summed E-state index contributed by atoms with van der Waals surface area (Å²) in [5.41, 5.74) is 3.02. The van der Waals surface area contributed by atoms with Gasteiger partial charge in [-0.25, -0.2) is 0 Å². The van der Waals surface area contributed by atoms with Crippen LogP contribution in [0.4, 0.5) is 0 Å². The van der Waals surface area contributed by atoms with Crippen molar-refractivity contribution in [2.75, 3.05) is 34.3 Å². The topological polar surface area (TPSA) is 66.0 Å². The number of hydrogen-bond acceptors (Lipinski definition) is 3. The van der Waals surface area contributed by atoms with E-state index in [1.165, 1.54) is 5.56 Å². The number of hydrogen-bond donors (Lipinski definition) is 2. The van der Waals surface area contributed by atoms with E-state index in [2.05, 4.69) is 41.6 Å². The van der Waals surface area contributed by atoms with E-state index in [4.69, 9.17) is 4.74 Å². The number of guanidine groups is 1. The Morgan fingerprint density at radius 2 is 1.61 bits per heavy atom. The van der Waals surface area contributed by atoms with Crippen molar-refractivity contribution < 1.29 is 9.53 Å². The molecule has 0 bridgehead atoms. The smallest absolute Gasteiger partial charge is 0.253 e. The van der Waals surface area contributed by atoms with Crippen LogP contribution in [0.15, 0.2) is 53.5 Å². The average Bonchev–Trinajstić information content (AvgIpc) is 2.75. The minimum atomic E-state index is 0. The zero-order chi connectivity index (χ0) is 21.9. The summed E-state index contributed by atoms with van der Waals surface area (Å²) in [6.45, 7) is 6.43. The fourth-order valence-electron chi connectivity index (χ4n) is 2.77. The molecule has 2 aromatic rings. The number of carbonyl (C=O) groups excluding carboxylic acids is 1. The number of carbonyl (C=O) groups is 1. The zero-order valence-corrected chi connectivity index (χ0v) is 21.5. The largest absolute Gasteiger partial charge is 0.493 e. The maximum atomic E-state index is 12.0. The summed E-state index contributed by atoms with van der Waals surface area (Å²) in [7, 11) is 5.26. The molecule has 2 N–H and O–H groups in total. The molecule has 0 spiro atoms. The van der Waals surface area contributed by atoms with Gasteiger partial charge in [-0.15, -0.1) is 24.0 Å². The number of aliphatic imine (C=N–C) groups is 1. The molecule has 1 amide bonds. The highest BCUT2D eigenvalue weighted by atomic mass is 127. The first kappa shape index (κ1) is 26.7. The molecule has 2 rings (SSSR count). The summed E-state index contributed by atoms with van der Waals surface area (Å²) in [6.07, 6.45) is 0.895. The summed E-state index contributed by atoms with van der Waals surface area (Å²) in [5, 5.41) is 6.64. The SMILES string of the molecule is CN=C(NCCc1ccc(OCC(C)C)cc1)NCc1ccc(C(=O)N(C)C)cc1.I. The van der Waals surface area contributed by atoms with Gasteiger partial charge in [0, 0.05) is 39.8 Å². The predicted octanol–water partition coefficient (Wildman–Crippen LogP) is 3.95. The van der Waals surface area contributed by atoms with E-state index in [0.29, 0.717) is 18.0 Å². The van der Waals surface area contributed by atoms with E-state index < -0.39 is 0 Å². The molecular weight excluding hydrogens is 503 g/mol. The fraction of sp³-hybridized carbons (Fsp3) is 0.417. The summed E-state index contributed by atoms with van der Waals surface area (Å²) < 4.78 is 5.72. The number of ether oxygens (including phenoxy) is 1. The molecule has 7 heteroatoms. The van der Waals surface area contributed by atoms with Crippen molar-refractivity contribution in [3.63, 3.8) is 0 Å². The van der Waals surface area contributed by atoms with Gasteiger partial charge in [0.15, 0.2) is 5.96 Å². The van der Waals surface area contributed by atoms with Crippen molar-refractivity contribution in [3.05, 3.63) is 65.2 Å². The van der Waals surface area contributed by atoms with Crippen LogP contribution in [0.2, 0.25) is 0 Å². The average molecular weight is 538 g/mol. The molecule has 0 saturated heterocycles. The van der Waals surface area contributed by atoms with Gasteiger partial charge >= 0.3 is 0 Å². The van der Waals surface area contributed by atoms with Crippen LogP contribution in [0, 0.1) is 5.92 Å². The Hall–Kier alpha value is -2.29. The summed E-state index contributed by atoms with van der Waals surface area (Å²) >= 11 is 0. The quantitative estimate of drug-likeness (QED) is 0.289.